The van der Waals surface area contributed by atoms with E-state index in [1.165, 1.54) is 12.1 Å². The minimum atomic E-state index is -1.30. The first kappa shape index (κ1) is 32.5. The molecule has 2 aliphatic rings. The van der Waals surface area contributed by atoms with Crippen molar-refractivity contribution in [2.75, 3.05) is 31.8 Å². The van der Waals surface area contributed by atoms with E-state index in [9.17, 15) is 0 Å². The minimum Gasteiger partial charge on any atom is -1.00 e. The number of hydrogen-bond donors (Lipinski definition) is 0. The Labute approximate surface area is 213 Å². The molecule has 0 atom stereocenters. The molecule has 2 aliphatic heterocycles. The van der Waals surface area contributed by atoms with Gasteiger partial charge in [-0.1, -0.05) is 60.3 Å². The standard InChI is InChI=1S/C10H20O2Si.C5H9BrO2.C5H11ClSi.Mg.2H/c1-4-8-13(2,3)9-5-10-11-6-7-12-10;6-2-1-5-7-3-4-8-5;1-4-5-7(2,3)6;;;/h4,10H,1,5-9H2,2-3H3;5H,1-4H2;4H,1,5H2,2-3H3;;;/q;;;+2;2*-1. The Hall–Kier alpha value is 1.29. The predicted molar refractivity (Wildman–Crippen MR) is 138 cm³/mol. The average Bonchev–Trinajstić information content (AvgIpc) is 3.27. The van der Waals surface area contributed by atoms with E-state index < -0.39 is 15.5 Å². The fourth-order valence-electron chi connectivity index (χ4n) is 2.58. The van der Waals surface area contributed by atoms with Gasteiger partial charge in [-0.2, -0.15) is 11.1 Å². The maximum atomic E-state index is 5.90. The van der Waals surface area contributed by atoms with Crippen LogP contribution in [-0.4, -0.2) is 82.8 Å². The molecule has 29 heavy (non-hydrogen) atoms. The Morgan fingerprint density at radius 1 is 0.897 bits per heavy atom. The van der Waals surface area contributed by atoms with Gasteiger partial charge in [0.15, 0.2) is 20.0 Å². The molecule has 9 heteroatoms. The molecule has 0 saturated carbocycles. The molecule has 2 saturated heterocycles. The van der Waals surface area contributed by atoms with Crippen molar-refractivity contribution < 1.29 is 21.8 Å². The maximum Gasteiger partial charge on any atom is 2.00 e. The molecule has 0 aromatic rings. The van der Waals surface area contributed by atoms with Crippen LogP contribution in [0.2, 0.25) is 44.3 Å². The molecule has 0 N–H and O–H groups in total. The molecule has 0 amide bonds. The molecule has 0 radical (unpaired) electrons. The molecule has 0 unspecified atom stereocenters. The summed E-state index contributed by atoms with van der Waals surface area (Å²) < 4.78 is 21.1. The molecule has 2 heterocycles. The zero-order valence-corrected chi connectivity index (χ0v) is 24.6. The largest absolute Gasteiger partial charge is 2.00 e. The van der Waals surface area contributed by atoms with Gasteiger partial charge in [-0.3, -0.25) is 0 Å². The first-order chi connectivity index (χ1) is 13.1. The molecule has 2 rings (SSSR count). The van der Waals surface area contributed by atoms with E-state index >= 15 is 0 Å². The summed E-state index contributed by atoms with van der Waals surface area (Å²) in [6.45, 7) is 19.5. The Kier molecular flexibility index (Phi) is 21.1. The fraction of sp³-hybridized carbons (Fsp3) is 0.800. The fourth-order valence-corrected chi connectivity index (χ4v) is 5.97. The molecule has 4 nitrogen and oxygen atoms in total. The van der Waals surface area contributed by atoms with E-state index in [-0.39, 0.29) is 38.5 Å². The van der Waals surface area contributed by atoms with Crippen LogP contribution in [0.15, 0.2) is 25.3 Å². The number of alkyl halides is 1. The summed E-state index contributed by atoms with van der Waals surface area (Å²) in [4.78, 5) is 0. The molecular weight excluding hydrogens is 500 g/mol. The van der Waals surface area contributed by atoms with E-state index in [4.69, 9.17) is 30.0 Å². The number of halogens is 2. The number of allylic oxidation sites excluding steroid dienone is 2. The van der Waals surface area contributed by atoms with Gasteiger partial charge in [-0.15, -0.1) is 13.2 Å². The summed E-state index contributed by atoms with van der Waals surface area (Å²) in [5.41, 5.74) is 0. The van der Waals surface area contributed by atoms with Gasteiger partial charge >= 0.3 is 23.1 Å². The average molecular weight is 542 g/mol. The van der Waals surface area contributed by atoms with Gasteiger partial charge < -0.3 is 21.8 Å². The van der Waals surface area contributed by atoms with Gasteiger partial charge in [0.25, 0.3) is 0 Å². The van der Waals surface area contributed by atoms with E-state index in [1.54, 1.807) is 0 Å². The predicted octanol–water partition coefficient (Wildman–Crippen LogP) is 6.25. The summed E-state index contributed by atoms with van der Waals surface area (Å²) in [7, 11) is -2.35. The summed E-state index contributed by atoms with van der Waals surface area (Å²) >= 11 is 9.20. The van der Waals surface area contributed by atoms with E-state index in [0.29, 0.717) is 0 Å². The van der Waals surface area contributed by atoms with E-state index in [0.717, 1.165) is 50.6 Å². The third-order valence-electron chi connectivity index (χ3n) is 4.11. The second-order valence-electron chi connectivity index (χ2n) is 8.23. The van der Waals surface area contributed by atoms with Crippen LogP contribution in [0.1, 0.15) is 15.7 Å². The second-order valence-corrected chi connectivity index (χ2v) is 21.2. The Balaban J connectivity index is -0.000000178. The van der Waals surface area contributed by atoms with Crippen molar-refractivity contribution in [1.29, 1.82) is 0 Å². The molecule has 0 spiro atoms. The SMILES string of the molecule is BrCCC1OCCO1.C=CC[Si](C)(C)CCC1OCCO1.C=CC[Si](C)(C)Cl.[H-].[H-].[Mg+2]. The van der Waals surface area contributed by atoms with Gasteiger partial charge in [-0.25, -0.2) is 0 Å². The van der Waals surface area contributed by atoms with Gasteiger partial charge in [-0.05, 0) is 18.5 Å². The minimum absolute atomic E-state index is 0. The molecule has 0 aliphatic carbocycles. The first-order valence-corrected chi connectivity index (χ1v) is 18.8. The zero-order chi connectivity index (χ0) is 21.5. The van der Waals surface area contributed by atoms with Crippen LogP contribution >= 0.6 is 27.0 Å². The zero-order valence-electron chi connectivity index (χ0n) is 20.9. The van der Waals surface area contributed by atoms with E-state index in [1.807, 2.05) is 12.2 Å². The number of ether oxygens (including phenoxy) is 4. The normalized spacial score (nSPS) is 17.4. The Bertz CT molecular complexity index is 424. The van der Waals surface area contributed by atoms with Crippen molar-refractivity contribution in [1.82, 2.24) is 0 Å². The van der Waals surface area contributed by atoms with Crippen LogP contribution in [0, 0.1) is 0 Å². The molecule has 0 bridgehead atoms. The summed E-state index contributed by atoms with van der Waals surface area (Å²) in [6, 6.07) is 3.47. The van der Waals surface area contributed by atoms with E-state index in [2.05, 4.69) is 55.3 Å². The maximum absolute atomic E-state index is 5.90. The second kappa shape index (κ2) is 18.8. The number of hydrogen-bond acceptors (Lipinski definition) is 4. The quantitative estimate of drug-likeness (QED) is 0.150. The van der Waals surface area contributed by atoms with Crippen LogP contribution in [0.3, 0.4) is 0 Å². The van der Waals surface area contributed by atoms with Gasteiger partial charge in [0, 0.05) is 11.8 Å². The molecule has 2 fully saturated rings. The summed E-state index contributed by atoms with van der Waals surface area (Å²) in [5, 5.41) is 0.956. The molecule has 170 valence electrons. The molecule has 0 aromatic carbocycles. The smallest absolute Gasteiger partial charge is 1.00 e. The van der Waals surface area contributed by atoms with Gasteiger partial charge in [0.1, 0.15) is 0 Å². The number of rotatable bonds is 9. The summed E-state index contributed by atoms with van der Waals surface area (Å²) in [5.74, 6) is 0. The van der Waals surface area contributed by atoms with Crippen molar-refractivity contribution >= 4 is 65.5 Å². The molecular formula is C20H42BrClMgO4Si2. The monoisotopic (exact) mass is 540 g/mol. The Morgan fingerprint density at radius 3 is 1.62 bits per heavy atom. The van der Waals surface area contributed by atoms with Crippen molar-refractivity contribution in [2.45, 2.75) is 69.7 Å². The van der Waals surface area contributed by atoms with Crippen molar-refractivity contribution in [3.05, 3.63) is 25.3 Å². The van der Waals surface area contributed by atoms with Crippen LogP contribution in [0.25, 0.3) is 0 Å². The topological polar surface area (TPSA) is 36.9 Å². The third-order valence-corrected chi connectivity index (χ3v) is 9.33. The molecule has 0 aromatic heterocycles. The van der Waals surface area contributed by atoms with Crippen molar-refractivity contribution in [2.24, 2.45) is 0 Å². The van der Waals surface area contributed by atoms with Gasteiger partial charge in [0.2, 0.25) is 0 Å². The van der Waals surface area contributed by atoms with Gasteiger partial charge in [0.05, 0.1) is 34.5 Å². The van der Waals surface area contributed by atoms with Crippen molar-refractivity contribution in [3.63, 3.8) is 0 Å². The van der Waals surface area contributed by atoms with Crippen LogP contribution in [0.5, 0.6) is 0 Å². The van der Waals surface area contributed by atoms with Crippen LogP contribution in [-0.2, 0) is 18.9 Å². The van der Waals surface area contributed by atoms with Crippen LogP contribution < -0.4 is 0 Å². The van der Waals surface area contributed by atoms with Crippen molar-refractivity contribution in [3.8, 4) is 0 Å². The first-order valence-electron chi connectivity index (χ1n) is 10.1. The summed E-state index contributed by atoms with van der Waals surface area (Å²) in [6.07, 6.45) is 6.10. The third kappa shape index (κ3) is 20.9. The van der Waals surface area contributed by atoms with Crippen LogP contribution in [0.4, 0.5) is 0 Å². The Morgan fingerprint density at radius 2 is 1.31 bits per heavy atom.